The van der Waals surface area contributed by atoms with Gasteiger partial charge in [-0.2, -0.15) is 0 Å². The van der Waals surface area contributed by atoms with Gasteiger partial charge in [0.25, 0.3) is 5.91 Å². The summed E-state index contributed by atoms with van der Waals surface area (Å²) in [5.74, 6) is -0.0262. The highest BCUT2D eigenvalue weighted by atomic mass is 16.2. The number of rotatable bonds is 2. The Labute approximate surface area is 102 Å². The molecule has 0 aliphatic carbocycles. The van der Waals surface area contributed by atoms with Crippen molar-refractivity contribution in [1.82, 2.24) is 0 Å². The van der Waals surface area contributed by atoms with Gasteiger partial charge in [0.05, 0.1) is 0 Å². The number of amides is 1. The minimum atomic E-state index is -0.0262. The summed E-state index contributed by atoms with van der Waals surface area (Å²) in [5.41, 5.74) is 2.38. The minimum absolute atomic E-state index is 0.0262. The third-order valence-corrected chi connectivity index (χ3v) is 2.62. The average molecular weight is 224 g/mol. The molecule has 85 valence electrons. The quantitative estimate of drug-likeness (QED) is 0.767. The van der Waals surface area contributed by atoms with Gasteiger partial charge >= 0.3 is 0 Å². The number of carbonyl (C=O) groups excluding carboxylic acids is 1. The van der Waals surface area contributed by atoms with E-state index in [-0.39, 0.29) is 5.91 Å². The summed E-state index contributed by atoms with van der Waals surface area (Å²) in [6.45, 7) is 3.82. The highest BCUT2D eigenvalue weighted by Gasteiger charge is 2.12. The van der Waals surface area contributed by atoms with Gasteiger partial charge in [-0.05, 0) is 36.8 Å². The van der Waals surface area contributed by atoms with E-state index in [2.05, 4.69) is 6.92 Å². The number of carbonyl (C=O) groups is 1. The molecular formula is C15H14NO. The van der Waals surface area contributed by atoms with Crippen molar-refractivity contribution in [1.29, 1.82) is 0 Å². The van der Waals surface area contributed by atoms with Crippen LogP contribution in [0, 0.1) is 6.92 Å². The first-order chi connectivity index (χ1) is 8.18. The van der Waals surface area contributed by atoms with Crippen LogP contribution in [0.4, 0.5) is 5.69 Å². The van der Waals surface area contributed by atoms with Crippen molar-refractivity contribution >= 4 is 11.6 Å². The van der Waals surface area contributed by atoms with Crippen LogP contribution in [0.1, 0.15) is 15.9 Å². The highest BCUT2D eigenvalue weighted by molar-refractivity contribution is 6.05. The summed E-state index contributed by atoms with van der Waals surface area (Å²) in [7, 11) is 1.77. The molecule has 2 rings (SSSR count). The number of hydrogen-bond donors (Lipinski definition) is 0. The van der Waals surface area contributed by atoms with Gasteiger partial charge in [0.1, 0.15) is 0 Å². The zero-order chi connectivity index (χ0) is 12.3. The van der Waals surface area contributed by atoms with Crippen molar-refractivity contribution in [3.8, 4) is 0 Å². The molecule has 0 heterocycles. The summed E-state index contributed by atoms with van der Waals surface area (Å²) >= 11 is 0. The molecule has 2 aromatic rings. The average Bonchev–Trinajstić information content (AvgIpc) is 2.38. The Morgan fingerprint density at radius 3 is 2.41 bits per heavy atom. The van der Waals surface area contributed by atoms with Crippen molar-refractivity contribution in [3.63, 3.8) is 0 Å². The largest absolute Gasteiger partial charge is 0.311 e. The summed E-state index contributed by atoms with van der Waals surface area (Å²) < 4.78 is 0. The van der Waals surface area contributed by atoms with Crippen LogP contribution >= 0.6 is 0 Å². The Morgan fingerprint density at radius 2 is 1.76 bits per heavy atom. The Kier molecular flexibility index (Phi) is 3.24. The molecule has 2 heteroatoms. The minimum Gasteiger partial charge on any atom is -0.311 e. The van der Waals surface area contributed by atoms with Gasteiger partial charge in [0.15, 0.2) is 0 Å². The second-order valence-corrected chi connectivity index (χ2v) is 3.90. The van der Waals surface area contributed by atoms with Crippen molar-refractivity contribution in [2.75, 3.05) is 11.9 Å². The van der Waals surface area contributed by atoms with Crippen LogP contribution in [0.5, 0.6) is 0 Å². The van der Waals surface area contributed by atoms with Gasteiger partial charge in [-0.1, -0.05) is 30.3 Å². The molecule has 0 unspecified atom stereocenters. The monoisotopic (exact) mass is 224 g/mol. The Bertz CT molecular complexity index is 519. The number of nitrogens with zero attached hydrogens (tertiary/aromatic N) is 1. The van der Waals surface area contributed by atoms with Crippen LogP contribution in [-0.4, -0.2) is 13.0 Å². The summed E-state index contributed by atoms with van der Waals surface area (Å²) in [4.78, 5) is 13.8. The maximum Gasteiger partial charge on any atom is 0.258 e. The first-order valence-corrected chi connectivity index (χ1v) is 5.43. The predicted molar refractivity (Wildman–Crippen MR) is 70.1 cm³/mol. The maximum atomic E-state index is 12.2. The molecule has 2 nitrogen and oxygen atoms in total. The molecule has 0 bridgehead atoms. The molecule has 2 aromatic carbocycles. The predicted octanol–water partition coefficient (Wildman–Crippen LogP) is 3.15. The van der Waals surface area contributed by atoms with E-state index < -0.39 is 0 Å². The second-order valence-electron chi connectivity index (χ2n) is 3.90. The zero-order valence-corrected chi connectivity index (χ0v) is 9.76. The maximum absolute atomic E-state index is 12.2. The summed E-state index contributed by atoms with van der Waals surface area (Å²) in [5, 5.41) is 0. The lowest BCUT2D eigenvalue weighted by atomic mass is 10.1. The van der Waals surface area contributed by atoms with Gasteiger partial charge in [0.2, 0.25) is 0 Å². The smallest absolute Gasteiger partial charge is 0.258 e. The first-order valence-electron chi connectivity index (χ1n) is 5.43. The van der Waals surface area contributed by atoms with E-state index >= 15 is 0 Å². The lowest BCUT2D eigenvalue weighted by molar-refractivity contribution is 0.0993. The van der Waals surface area contributed by atoms with E-state index in [4.69, 9.17) is 0 Å². The number of benzene rings is 2. The molecule has 0 spiro atoms. The molecule has 0 aromatic heterocycles. The van der Waals surface area contributed by atoms with E-state index in [0.717, 1.165) is 11.3 Å². The molecule has 17 heavy (non-hydrogen) atoms. The molecule has 0 aliphatic heterocycles. The molecule has 0 N–H and O–H groups in total. The van der Waals surface area contributed by atoms with Crippen LogP contribution in [0.2, 0.25) is 0 Å². The number of anilines is 1. The first kappa shape index (κ1) is 11.4. The van der Waals surface area contributed by atoms with Crippen LogP contribution in [0.25, 0.3) is 0 Å². The van der Waals surface area contributed by atoms with E-state index in [1.807, 2.05) is 42.5 Å². The van der Waals surface area contributed by atoms with E-state index in [1.54, 1.807) is 24.1 Å². The lowest BCUT2D eigenvalue weighted by Crippen LogP contribution is -2.26. The van der Waals surface area contributed by atoms with E-state index in [9.17, 15) is 4.79 Å². The normalized spacial score (nSPS) is 10.0. The van der Waals surface area contributed by atoms with Crippen molar-refractivity contribution in [3.05, 3.63) is 72.6 Å². The van der Waals surface area contributed by atoms with Crippen LogP contribution in [-0.2, 0) is 0 Å². The molecule has 0 saturated heterocycles. The Balaban J connectivity index is 2.27. The van der Waals surface area contributed by atoms with E-state index in [1.165, 1.54) is 0 Å². The SMILES string of the molecule is [CH2]c1cccc(C(=O)N(C)c2ccccc2)c1. The van der Waals surface area contributed by atoms with Crippen molar-refractivity contribution in [2.24, 2.45) is 0 Å². The topological polar surface area (TPSA) is 20.3 Å². The van der Waals surface area contributed by atoms with Crippen LogP contribution < -0.4 is 4.90 Å². The van der Waals surface area contributed by atoms with Crippen LogP contribution in [0.3, 0.4) is 0 Å². The molecule has 0 aliphatic rings. The van der Waals surface area contributed by atoms with Gasteiger partial charge in [-0.15, -0.1) is 0 Å². The van der Waals surface area contributed by atoms with Crippen molar-refractivity contribution in [2.45, 2.75) is 0 Å². The Hall–Kier alpha value is -2.09. The third kappa shape index (κ3) is 2.53. The van der Waals surface area contributed by atoms with Gasteiger partial charge in [-0.3, -0.25) is 4.79 Å². The van der Waals surface area contributed by atoms with Crippen molar-refractivity contribution < 1.29 is 4.79 Å². The van der Waals surface area contributed by atoms with Gasteiger partial charge in [0, 0.05) is 18.3 Å². The molecule has 1 amide bonds. The molecule has 0 atom stereocenters. The third-order valence-electron chi connectivity index (χ3n) is 2.62. The highest BCUT2D eigenvalue weighted by Crippen LogP contribution is 2.15. The molecule has 0 saturated carbocycles. The molecule has 1 radical (unpaired) electrons. The summed E-state index contributed by atoms with van der Waals surface area (Å²) in [6, 6.07) is 16.9. The number of hydrogen-bond acceptors (Lipinski definition) is 1. The van der Waals surface area contributed by atoms with Gasteiger partial charge < -0.3 is 4.90 Å². The summed E-state index contributed by atoms with van der Waals surface area (Å²) in [6.07, 6.45) is 0. The van der Waals surface area contributed by atoms with Gasteiger partial charge in [-0.25, -0.2) is 0 Å². The molecule has 0 fully saturated rings. The second kappa shape index (κ2) is 4.83. The zero-order valence-electron chi connectivity index (χ0n) is 9.76. The molecular weight excluding hydrogens is 210 g/mol. The van der Waals surface area contributed by atoms with Crippen LogP contribution in [0.15, 0.2) is 54.6 Å². The fourth-order valence-corrected chi connectivity index (χ4v) is 1.67. The fourth-order valence-electron chi connectivity index (χ4n) is 1.67. The van der Waals surface area contributed by atoms with E-state index in [0.29, 0.717) is 5.56 Å². The lowest BCUT2D eigenvalue weighted by Gasteiger charge is -2.17. The Morgan fingerprint density at radius 1 is 1.06 bits per heavy atom. The standard InChI is InChI=1S/C15H14NO/c1-12-7-6-8-13(11-12)15(17)16(2)14-9-4-3-5-10-14/h3-11H,1H2,2H3. The number of para-hydroxylation sites is 1. The fraction of sp³-hybridized carbons (Fsp3) is 0.0667.